The molecule has 4 aromatic rings. The number of nitrogens with one attached hydrogen (secondary N) is 1. The molecule has 0 fully saturated rings. The van der Waals surface area contributed by atoms with E-state index in [0.29, 0.717) is 12.5 Å². The van der Waals surface area contributed by atoms with Crippen molar-refractivity contribution in [2.24, 2.45) is 0 Å². The van der Waals surface area contributed by atoms with E-state index >= 15 is 0 Å². The van der Waals surface area contributed by atoms with Crippen molar-refractivity contribution in [1.82, 2.24) is 25.4 Å². The molecule has 0 amide bonds. The highest BCUT2D eigenvalue weighted by molar-refractivity contribution is 5.95. The molecule has 6 nitrogen and oxygen atoms in total. The first kappa shape index (κ1) is 17.8. The molecule has 0 aliphatic heterocycles. The first-order valence-corrected chi connectivity index (χ1v) is 10.2. The van der Waals surface area contributed by atoms with Crippen LogP contribution >= 0.6 is 0 Å². The molecule has 2 heterocycles. The van der Waals surface area contributed by atoms with E-state index in [2.05, 4.69) is 62.9 Å². The Morgan fingerprint density at radius 1 is 1.00 bits per heavy atom. The summed E-state index contributed by atoms with van der Waals surface area (Å²) in [4.78, 5) is 6.85. The Hall–Kier alpha value is -3.28. The van der Waals surface area contributed by atoms with Crippen LogP contribution in [0.4, 0.5) is 5.95 Å². The van der Waals surface area contributed by atoms with Crippen LogP contribution < -0.4 is 4.90 Å². The zero-order valence-electron chi connectivity index (χ0n) is 16.6. The Balaban J connectivity index is 1.45. The number of anilines is 1. The maximum Gasteiger partial charge on any atom is 0.246 e. The quantitative estimate of drug-likeness (QED) is 0.531. The smallest absolute Gasteiger partial charge is 0.246 e. The summed E-state index contributed by atoms with van der Waals surface area (Å²) in [5, 5.41) is 18.7. The van der Waals surface area contributed by atoms with Crippen LogP contribution in [0.25, 0.3) is 22.0 Å². The molecule has 0 radical (unpaired) electrons. The summed E-state index contributed by atoms with van der Waals surface area (Å²) in [6.07, 6.45) is 7.70. The largest absolute Gasteiger partial charge is 0.337 e. The Morgan fingerprint density at radius 3 is 2.83 bits per heavy atom. The number of hydrogen-bond acceptors (Lipinski definition) is 5. The van der Waals surface area contributed by atoms with Crippen LogP contribution in [0.2, 0.25) is 0 Å². The van der Waals surface area contributed by atoms with E-state index in [0.717, 1.165) is 29.8 Å². The molecule has 0 bridgehead atoms. The van der Waals surface area contributed by atoms with Gasteiger partial charge < -0.3 is 4.90 Å². The van der Waals surface area contributed by atoms with Gasteiger partial charge in [0.25, 0.3) is 0 Å². The van der Waals surface area contributed by atoms with Crippen molar-refractivity contribution in [3.63, 3.8) is 0 Å². The number of H-pyrrole nitrogens is 1. The molecule has 0 saturated carbocycles. The fourth-order valence-corrected chi connectivity index (χ4v) is 4.19. The molecule has 6 heteroatoms. The molecular weight excluding hydrogens is 360 g/mol. The van der Waals surface area contributed by atoms with Gasteiger partial charge in [0.2, 0.25) is 5.95 Å². The van der Waals surface area contributed by atoms with Crippen molar-refractivity contribution in [3.05, 3.63) is 65.6 Å². The zero-order chi connectivity index (χ0) is 19.6. The summed E-state index contributed by atoms with van der Waals surface area (Å²) in [6, 6.07) is 14.6. The monoisotopic (exact) mass is 384 g/mol. The molecule has 5 rings (SSSR count). The van der Waals surface area contributed by atoms with E-state index in [-0.39, 0.29) is 0 Å². The van der Waals surface area contributed by atoms with Gasteiger partial charge in [-0.05, 0) is 42.0 Å². The minimum absolute atomic E-state index is 0.612. The second kappa shape index (κ2) is 7.62. The van der Waals surface area contributed by atoms with Crippen LogP contribution in [-0.2, 0) is 19.4 Å². The minimum atomic E-state index is 0.612. The topological polar surface area (TPSA) is 70.6 Å². The van der Waals surface area contributed by atoms with Gasteiger partial charge in [-0.25, -0.2) is 4.98 Å². The van der Waals surface area contributed by atoms with Crippen LogP contribution in [0.1, 0.15) is 36.2 Å². The maximum absolute atomic E-state index is 4.82. The Morgan fingerprint density at radius 2 is 1.86 bits per heavy atom. The van der Waals surface area contributed by atoms with Crippen LogP contribution in [-0.4, -0.2) is 32.4 Å². The third kappa shape index (κ3) is 3.46. The van der Waals surface area contributed by atoms with Crippen LogP contribution in [0.3, 0.4) is 0 Å². The standard InChI is InChI=1S/C23H24N6/c1-29(15-22-19-11-3-2-4-13-20(19)26-27-22)23-25-21(14-24-28-23)18-12-7-9-16-8-5-6-10-17(16)18/h5-10,12,14H,2-4,11,13,15H2,1H3,(H,26,27). The van der Waals surface area contributed by atoms with Crippen molar-refractivity contribution < 1.29 is 0 Å². The van der Waals surface area contributed by atoms with Gasteiger partial charge in [-0.15, -0.1) is 5.10 Å². The molecule has 1 aliphatic rings. The third-order valence-corrected chi connectivity index (χ3v) is 5.73. The molecule has 146 valence electrons. The number of rotatable bonds is 4. The van der Waals surface area contributed by atoms with Crippen LogP contribution in [0, 0.1) is 0 Å². The van der Waals surface area contributed by atoms with E-state index in [4.69, 9.17) is 4.98 Å². The van der Waals surface area contributed by atoms with Gasteiger partial charge in [0.15, 0.2) is 0 Å². The summed E-state index contributed by atoms with van der Waals surface area (Å²) in [5.74, 6) is 0.612. The molecule has 2 aromatic heterocycles. The van der Waals surface area contributed by atoms with Gasteiger partial charge in [-0.1, -0.05) is 48.9 Å². The number of benzene rings is 2. The fourth-order valence-electron chi connectivity index (χ4n) is 4.19. The third-order valence-electron chi connectivity index (χ3n) is 5.73. The lowest BCUT2D eigenvalue weighted by atomic mass is 10.0. The molecular formula is C23H24N6. The molecule has 0 spiro atoms. The molecule has 1 N–H and O–H groups in total. The predicted octanol–water partition coefficient (Wildman–Crippen LogP) is 4.32. The van der Waals surface area contributed by atoms with Gasteiger partial charge in [0.05, 0.1) is 24.1 Å². The van der Waals surface area contributed by atoms with Crippen LogP contribution in [0.15, 0.2) is 48.7 Å². The van der Waals surface area contributed by atoms with Gasteiger partial charge in [0, 0.05) is 18.3 Å². The van der Waals surface area contributed by atoms with Crippen molar-refractivity contribution in [2.45, 2.75) is 38.6 Å². The highest BCUT2D eigenvalue weighted by Crippen LogP contribution is 2.28. The predicted molar refractivity (Wildman–Crippen MR) is 115 cm³/mol. The molecule has 0 saturated heterocycles. The normalized spacial score (nSPS) is 13.8. The number of hydrogen-bond donors (Lipinski definition) is 1. The van der Waals surface area contributed by atoms with Crippen molar-refractivity contribution in [2.75, 3.05) is 11.9 Å². The average Bonchev–Trinajstić information content (AvgIpc) is 2.99. The number of aromatic amines is 1. The molecule has 1 aliphatic carbocycles. The first-order valence-electron chi connectivity index (χ1n) is 10.2. The minimum Gasteiger partial charge on any atom is -0.337 e. The first-order chi connectivity index (χ1) is 14.3. The van der Waals surface area contributed by atoms with Gasteiger partial charge in [-0.2, -0.15) is 10.2 Å². The van der Waals surface area contributed by atoms with Gasteiger partial charge in [-0.3, -0.25) is 5.10 Å². The van der Waals surface area contributed by atoms with Crippen LogP contribution in [0.5, 0.6) is 0 Å². The van der Waals surface area contributed by atoms with Crippen molar-refractivity contribution in [1.29, 1.82) is 0 Å². The summed E-state index contributed by atoms with van der Waals surface area (Å²) in [5.41, 5.74) is 5.69. The molecule has 29 heavy (non-hydrogen) atoms. The van der Waals surface area contributed by atoms with E-state index in [9.17, 15) is 0 Å². The van der Waals surface area contributed by atoms with E-state index < -0.39 is 0 Å². The average molecular weight is 384 g/mol. The lowest BCUT2D eigenvalue weighted by molar-refractivity contribution is 0.696. The SMILES string of the molecule is CN(Cc1n[nH]c2c1CCCCC2)c1nncc(-c2cccc3ccccc23)n1. The number of aryl methyl sites for hydroxylation is 1. The Labute approximate surface area is 170 Å². The summed E-state index contributed by atoms with van der Waals surface area (Å²) in [7, 11) is 2.00. The maximum atomic E-state index is 4.82. The summed E-state index contributed by atoms with van der Waals surface area (Å²) >= 11 is 0. The van der Waals surface area contributed by atoms with Gasteiger partial charge in [0.1, 0.15) is 0 Å². The lowest BCUT2D eigenvalue weighted by Crippen LogP contribution is -2.21. The second-order valence-corrected chi connectivity index (χ2v) is 7.71. The lowest BCUT2D eigenvalue weighted by Gasteiger charge is -2.17. The molecule has 2 aromatic carbocycles. The van der Waals surface area contributed by atoms with E-state index in [1.165, 1.54) is 41.3 Å². The van der Waals surface area contributed by atoms with E-state index in [1.807, 2.05) is 11.9 Å². The summed E-state index contributed by atoms with van der Waals surface area (Å²) in [6.45, 7) is 0.673. The van der Waals surface area contributed by atoms with E-state index in [1.54, 1.807) is 6.20 Å². The highest BCUT2D eigenvalue weighted by Gasteiger charge is 2.18. The van der Waals surface area contributed by atoms with Crippen molar-refractivity contribution >= 4 is 16.7 Å². The Kier molecular flexibility index (Phi) is 4.68. The number of fused-ring (bicyclic) bond motifs is 2. The van der Waals surface area contributed by atoms with Gasteiger partial charge >= 0.3 is 0 Å². The molecule has 0 unspecified atom stereocenters. The number of nitrogens with zero attached hydrogens (tertiary/aromatic N) is 5. The number of aromatic nitrogens is 5. The van der Waals surface area contributed by atoms with Crippen molar-refractivity contribution in [3.8, 4) is 11.3 Å². The Bertz CT molecular complexity index is 1140. The second-order valence-electron chi connectivity index (χ2n) is 7.71. The zero-order valence-corrected chi connectivity index (χ0v) is 16.6. The highest BCUT2D eigenvalue weighted by atomic mass is 15.3. The summed E-state index contributed by atoms with van der Waals surface area (Å²) < 4.78 is 0. The fraction of sp³-hybridized carbons (Fsp3) is 0.304. The molecule has 0 atom stereocenters.